The first kappa shape index (κ1) is 27.9. The molecule has 5 rings (SSSR count). The lowest BCUT2D eigenvalue weighted by molar-refractivity contribution is -0.143. The molecule has 3 fully saturated rings. The van der Waals surface area contributed by atoms with Crippen LogP contribution in [-0.4, -0.2) is 42.2 Å². The molecule has 1 saturated carbocycles. The average Bonchev–Trinajstić information content (AvgIpc) is 3.70. The largest absolute Gasteiger partial charge is 0.466 e. The molecule has 212 valence electrons. The van der Waals surface area contributed by atoms with Gasteiger partial charge in [-0.05, 0) is 56.1 Å². The Labute approximate surface area is 232 Å². The first-order chi connectivity index (χ1) is 19.1. The van der Waals surface area contributed by atoms with Gasteiger partial charge in [-0.25, -0.2) is 4.98 Å². The topological polar surface area (TPSA) is 90.7 Å². The Hall–Kier alpha value is -2.67. The predicted octanol–water partition coefficient (Wildman–Crippen LogP) is 6.15. The number of unbranched alkanes of at least 4 members (excludes halogenated alkanes) is 1. The summed E-state index contributed by atoms with van der Waals surface area (Å²) in [6.07, 6.45) is 16.0. The van der Waals surface area contributed by atoms with Crippen LogP contribution in [0.25, 0.3) is 0 Å². The van der Waals surface area contributed by atoms with E-state index in [1.807, 2.05) is 13.0 Å². The number of esters is 1. The number of carbonyl (C=O) groups excluding carboxylic acids is 2. The number of amides is 1. The number of rotatable bonds is 13. The van der Waals surface area contributed by atoms with E-state index in [2.05, 4.69) is 28.5 Å². The second kappa shape index (κ2) is 13.6. The molecule has 39 heavy (non-hydrogen) atoms. The van der Waals surface area contributed by atoms with Crippen LogP contribution >= 0.6 is 0 Å². The second-order valence-electron chi connectivity index (χ2n) is 11.6. The summed E-state index contributed by atoms with van der Waals surface area (Å²) in [5.41, 5.74) is 2.75. The molecule has 2 aromatic rings. The molecule has 0 unspecified atom stereocenters. The van der Waals surface area contributed by atoms with Gasteiger partial charge in [-0.2, -0.15) is 0 Å². The molecule has 2 bridgehead atoms. The van der Waals surface area contributed by atoms with Gasteiger partial charge in [-0.1, -0.05) is 69.2 Å². The van der Waals surface area contributed by atoms with Crippen LogP contribution < -0.4 is 5.32 Å². The van der Waals surface area contributed by atoms with Gasteiger partial charge in [0.2, 0.25) is 5.89 Å². The van der Waals surface area contributed by atoms with Crippen LogP contribution in [0, 0.1) is 11.8 Å². The molecule has 2 aliphatic heterocycles. The zero-order valence-electron chi connectivity index (χ0n) is 23.4. The molecule has 1 aromatic heterocycles. The van der Waals surface area contributed by atoms with Crippen molar-refractivity contribution in [2.45, 2.75) is 109 Å². The van der Waals surface area contributed by atoms with E-state index in [1.54, 1.807) is 0 Å². The number of aryl methyl sites for hydroxylation is 1. The lowest BCUT2D eigenvalue weighted by Gasteiger charge is -2.26. The normalized spacial score (nSPS) is 24.6. The average molecular weight is 537 g/mol. The minimum atomic E-state index is -0.164. The van der Waals surface area contributed by atoms with Gasteiger partial charge in [0.05, 0.1) is 24.7 Å². The SMILES string of the molecule is CCOC(=O)CCc1ccccc1C[C@@H]1[C@H](c2nc(C(=O)NCCCCC3CCCCC3)co2)[C@H]2CC[C@@H]1O2. The van der Waals surface area contributed by atoms with Gasteiger partial charge in [0.1, 0.15) is 6.26 Å². The molecule has 4 atom stereocenters. The van der Waals surface area contributed by atoms with Crippen LogP contribution in [0.1, 0.15) is 111 Å². The van der Waals surface area contributed by atoms with Crippen molar-refractivity contribution >= 4 is 11.9 Å². The molecule has 1 amide bonds. The monoisotopic (exact) mass is 536 g/mol. The lowest BCUT2D eigenvalue weighted by atomic mass is 9.75. The van der Waals surface area contributed by atoms with Crippen molar-refractivity contribution in [3.8, 4) is 0 Å². The summed E-state index contributed by atoms with van der Waals surface area (Å²) in [4.78, 5) is 29.4. The Morgan fingerprint density at radius 2 is 1.82 bits per heavy atom. The summed E-state index contributed by atoms with van der Waals surface area (Å²) < 4.78 is 17.4. The fourth-order valence-electron chi connectivity index (χ4n) is 6.97. The smallest absolute Gasteiger partial charge is 0.306 e. The van der Waals surface area contributed by atoms with Gasteiger partial charge in [0, 0.05) is 18.9 Å². The van der Waals surface area contributed by atoms with Gasteiger partial charge < -0.3 is 19.2 Å². The molecule has 2 saturated heterocycles. The van der Waals surface area contributed by atoms with Crippen LogP contribution in [0.15, 0.2) is 34.9 Å². The van der Waals surface area contributed by atoms with Gasteiger partial charge in [-0.3, -0.25) is 9.59 Å². The summed E-state index contributed by atoms with van der Waals surface area (Å²) in [5.74, 6) is 1.42. The highest BCUT2D eigenvalue weighted by Gasteiger charge is 2.51. The molecule has 3 aliphatic rings. The van der Waals surface area contributed by atoms with E-state index in [4.69, 9.17) is 13.9 Å². The zero-order chi connectivity index (χ0) is 27.0. The van der Waals surface area contributed by atoms with Crippen molar-refractivity contribution < 1.29 is 23.5 Å². The molecule has 0 spiro atoms. The predicted molar refractivity (Wildman–Crippen MR) is 148 cm³/mol. The number of hydrogen-bond acceptors (Lipinski definition) is 6. The summed E-state index contributed by atoms with van der Waals surface area (Å²) in [7, 11) is 0. The van der Waals surface area contributed by atoms with Crippen molar-refractivity contribution in [1.82, 2.24) is 10.3 Å². The van der Waals surface area contributed by atoms with E-state index in [0.717, 1.165) is 31.6 Å². The van der Waals surface area contributed by atoms with E-state index < -0.39 is 0 Å². The Morgan fingerprint density at radius 3 is 2.64 bits per heavy atom. The Morgan fingerprint density at radius 1 is 1.03 bits per heavy atom. The molecule has 1 aliphatic carbocycles. The van der Waals surface area contributed by atoms with Gasteiger partial charge >= 0.3 is 5.97 Å². The second-order valence-corrected chi connectivity index (χ2v) is 11.6. The molecule has 1 N–H and O–H groups in total. The maximum atomic E-state index is 12.8. The molecule has 7 nitrogen and oxygen atoms in total. The third-order valence-electron chi connectivity index (χ3n) is 8.99. The van der Waals surface area contributed by atoms with Crippen LogP contribution in [0.5, 0.6) is 0 Å². The van der Waals surface area contributed by atoms with Gasteiger partial charge in [0.15, 0.2) is 5.69 Å². The van der Waals surface area contributed by atoms with E-state index in [9.17, 15) is 9.59 Å². The van der Waals surface area contributed by atoms with E-state index in [1.165, 1.54) is 62.3 Å². The molecule has 7 heteroatoms. The third-order valence-corrected chi connectivity index (χ3v) is 8.99. The lowest BCUT2D eigenvalue weighted by Crippen LogP contribution is -2.28. The first-order valence-electron chi connectivity index (χ1n) is 15.2. The number of oxazole rings is 1. The van der Waals surface area contributed by atoms with Gasteiger partial charge in [-0.15, -0.1) is 0 Å². The fourth-order valence-corrected chi connectivity index (χ4v) is 6.97. The van der Waals surface area contributed by atoms with E-state index in [0.29, 0.717) is 37.6 Å². The number of nitrogens with zero attached hydrogens (tertiary/aromatic N) is 1. The van der Waals surface area contributed by atoms with Gasteiger partial charge in [0.25, 0.3) is 5.91 Å². The van der Waals surface area contributed by atoms with E-state index >= 15 is 0 Å². The minimum Gasteiger partial charge on any atom is -0.466 e. The Bertz CT molecular complexity index is 1090. The third kappa shape index (κ3) is 7.10. The molecular formula is C32H44N2O5. The Balaban J connectivity index is 1.16. The molecule has 1 aromatic carbocycles. The number of aromatic nitrogens is 1. The quantitative estimate of drug-likeness (QED) is 0.244. The maximum absolute atomic E-state index is 12.8. The fraction of sp³-hybridized carbons (Fsp3) is 0.656. The molecule has 3 heterocycles. The highest BCUT2D eigenvalue weighted by Crippen LogP contribution is 2.50. The van der Waals surface area contributed by atoms with E-state index in [-0.39, 0.29) is 35.9 Å². The first-order valence-corrected chi connectivity index (χ1v) is 15.2. The van der Waals surface area contributed by atoms with Crippen molar-refractivity contribution in [3.05, 3.63) is 53.2 Å². The Kier molecular flexibility index (Phi) is 9.72. The zero-order valence-corrected chi connectivity index (χ0v) is 23.4. The maximum Gasteiger partial charge on any atom is 0.306 e. The summed E-state index contributed by atoms with van der Waals surface area (Å²) in [6, 6.07) is 8.31. The van der Waals surface area contributed by atoms with Crippen LogP contribution in [0.4, 0.5) is 0 Å². The van der Waals surface area contributed by atoms with Crippen LogP contribution in [0.2, 0.25) is 0 Å². The van der Waals surface area contributed by atoms with Crippen molar-refractivity contribution in [2.24, 2.45) is 11.8 Å². The summed E-state index contributed by atoms with van der Waals surface area (Å²) >= 11 is 0. The number of hydrogen-bond donors (Lipinski definition) is 1. The summed E-state index contributed by atoms with van der Waals surface area (Å²) in [6.45, 7) is 2.91. The van der Waals surface area contributed by atoms with Crippen molar-refractivity contribution in [3.63, 3.8) is 0 Å². The standard InChI is InChI=1S/C32H44N2O5/c1-2-37-29(35)18-15-23-13-6-7-14-24(23)20-25-27-16-17-28(39-27)30(25)32-34-26(21-38-32)31(36)33-19-9-8-12-22-10-4-3-5-11-22/h6-7,13-14,21-22,25,27-28,30H,2-5,8-12,15-20H2,1H3,(H,33,36)/t25-,27-,28+,30-/m0/s1. The number of carbonyl (C=O) groups is 2. The number of ether oxygens (including phenoxy) is 2. The highest BCUT2D eigenvalue weighted by molar-refractivity contribution is 5.91. The summed E-state index contributed by atoms with van der Waals surface area (Å²) in [5, 5.41) is 3.03. The van der Waals surface area contributed by atoms with Crippen LogP contribution in [0.3, 0.4) is 0 Å². The molecule has 0 radical (unpaired) electrons. The van der Waals surface area contributed by atoms with Crippen molar-refractivity contribution in [1.29, 1.82) is 0 Å². The van der Waals surface area contributed by atoms with Crippen molar-refractivity contribution in [2.75, 3.05) is 13.2 Å². The number of fused-ring (bicyclic) bond motifs is 2. The number of nitrogens with one attached hydrogen (secondary N) is 1. The minimum absolute atomic E-state index is 0.0268. The number of benzene rings is 1. The molecular weight excluding hydrogens is 492 g/mol. The highest BCUT2D eigenvalue weighted by atomic mass is 16.5. The van der Waals surface area contributed by atoms with Crippen LogP contribution in [-0.2, 0) is 27.1 Å².